The minimum atomic E-state index is -1.08. The Kier molecular flexibility index (Phi) is 5.55. The monoisotopic (exact) mass is 370 g/mol. The van der Waals surface area contributed by atoms with Crippen molar-refractivity contribution in [3.63, 3.8) is 0 Å². The van der Waals surface area contributed by atoms with Gasteiger partial charge in [0.15, 0.2) is 6.23 Å². The van der Waals surface area contributed by atoms with E-state index in [9.17, 15) is 19.8 Å². The maximum atomic E-state index is 12.2. The highest BCUT2D eigenvalue weighted by atomic mass is 16.5. The van der Waals surface area contributed by atoms with Crippen LogP contribution in [0.2, 0.25) is 0 Å². The van der Waals surface area contributed by atoms with Crippen molar-refractivity contribution in [1.82, 2.24) is 14.5 Å². The normalized spacial score (nSPS) is 22.3. The van der Waals surface area contributed by atoms with Gasteiger partial charge in [0.25, 0.3) is 0 Å². The fraction of sp³-hybridized carbons (Fsp3) is 0.222. The molecule has 3 heterocycles. The van der Waals surface area contributed by atoms with E-state index in [-0.39, 0.29) is 11.4 Å². The smallest absolute Gasteiger partial charge is 0.351 e. The lowest BCUT2D eigenvalue weighted by atomic mass is 10.1. The highest BCUT2D eigenvalue weighted by Gasteiger charge is 2.38. The molecule has 1 fully saturated rings. The summed E-state index contributed by atoms with van der Waals surface area (Å²) in [6.45, 7) is 3.29. The van der Waals surface area contributed by atoms with Gasteiger partial charge in [-0.1, -0.05) is 12.6 Å². The Morgan fingerprint density at radius 2 is 2.22 bits per heavy atom. The Bertz CT molecular complexity index is 925. The van der Waals surface area contributed by atoms with Gasteiger partial charge in [0.2, 0.25) is 5.91 Å². The van der Waals surface area contributed by atoms with Gasteiger partial charge < -0.3 is 20.3 Å². The first kappa shape index (κ1) is 18.6. The molecule has 1 saturated heterocycles. The summed E-state index contributed by atoms with van der Waals surface area (Å²) in [7, 11) is 0. The third kappa shape index (κ3) is 4.17. The van der Waals surface area contributed by atoms with Gasteiger partial charge in [-0.25, -0.2) is 4.79 Å². The standard InChI is InChI=1S/C18H18N4O5/c1-11-16(25)13(10-23)27-17(11)22-9-7-14(21-18(22)26)20-15(24)6-5-12-4-2-3-8-19-12/h2-9,13,16-17,23,25H,1,10H2,(H,20,21,24,26)/t13-,16+,17-/m1/s1. The van der Waals surface area contributed by atoms with Crippen LogP contribution in [-0.4, -0.2) is 49.5 Å². The van der Waals surface area contributed by atoms with Crippen molar-refractivity contribution >= 4 is 17.8 Å². The molecule has 27 heavy (non-hydrogen) atoms. The molecule has 1 amide bonds. The van der Waals surface area contributed by atoms with E-state index >= 15 is 0 Å². The molecule has 0 bridgehead atoms. The molecule has 0 saturated carbocycles. The highest BCUT2D eigenvalue weighted by Crippen LogP contribution is 2.31. The molecule has 1 aliphatic rings. The lowest BCUT2D eigenvalue weighted by Gasteiger charge is -2.15. The van der Waals surface area contributed by atoms with Gasteiger partial charge in [0, 0.05) is 24.0 Å². The highest BCUT2D eigenvalue weighted by molar-refractivity contribution is 6.01. The van der Waals surface area contributed by atoms with E-state index in [1.165, 1.54) is 24.4 Å². The number of nitrogens with one attached hydrogen (secondary N) is 1. The molecular formula is C18H18N4O5. The zero-order valence-corrected chi connectivity index (χ0v) is 14.2. The molecule has 1 aliphatic heterocycles. The minimum absolute atomic E-state index is 0.0646. The quantitative estimate of drug-likeness (QED) is 0.503. The first-order valence-corrected chi connectivity index (χ1v) is 8.12. The molecule has 140 valence electrons. The van der Waals surface area contributed by atoms with Crippen molar-refractivity contribution < 1.29 is 19.7 Å². The van der Waals surface area contributed by atoms with Gasteiger partial charge >= 0.3 is 5.69 Å². The average Bonchev–Trinajstić information content (AvgIpc) is 2.95. The number of hydrogen-bond acceptors (Lipinski definition) is 7. The number of nitrogens with zero attached hydrogens (tertiary/aromatic N) is 3. The molecule has 9 nitrogen and oxygen atoms in total. The third-order valence-corrected chi connectivity index (χ3v) is 3.96. The Labute approximate surface area is 154 Å². The summed E-state index contributed by atoms with van der Waals surface area (Å²) in [6, 6.07) is 6.72. The number of pyridine rings is 1. The van der Waals surface area contributed by atoms with Crippen LogP contribution in [0.3, 0.4) is 0 Å². The molecule has 0 aromatic carbocycles. The predicted molar refractivity (Wildman–Crippen MR) is 96.5 cm³/mol. The number of amides is 1. The van der Waals surface area contributed by atoms with Gasteiger partial charge in [-0.3, -0.25) is 14.3 Å². The van der Waals surface area contributed by atoms with Crippen molar-refractivity contribution in [1.29, 1.82) is 0 Å². The minimum Gasteiger partial charge on any atom is -0.394 e. The molecule has 0 aliphatic carbocycles. The molecule has 3 N–H and O–H groups in total. The van der Waals surface area contributed by atoms with Crippen molar-refractivity contribution in [2.45, 2.75) is 18.4 Å². The molecular weight excluding hydrogens is 352 g/mol. The number of aromatic nitrogens is 3. The Morgan fingerprint density at radius 1 is 1.41 bits per heavy atom. The van der Waals surface area contributed by atoms with Crippen molar-refractivity contribution in [2.75, 3.05) is 11.9 Å². The summed E-state index contributed by atoms with van der Waals surface area (Å²) in [5.41, 5.74) is 0.163. The maximum absolute atomic E-state index is 12.2. The second kappa shape index (κ2) is 8.04. The van der Waals surface area contributed by atoms with E-state index in [4.69, 9.17) is 4.74 Å². The van der Waals surface area contributed by atoms with Crippen molar-refractivity contribution in [3.05, 3.63) is 71.1 Å². The molecule has 0 radical (unpaired) electrons. The van der Waals surface area contributed by atoms with E-state index in [0.717, 1.165) is 4.57 Å². The van der Waals surface area contributed by atoms with Crippen LogP contribution < -0.4 is 11.0 Å². The number of carbonyl (C=O) groups is 1. The van der Waals surface area contributed by atoms with Gasteiger partial charge in [0.1, 0.15) is 18.0 Å². The van der Waals surface area contributed by atoms with Crippen molar-refractivity contribution in [3.8, 4) is 0 Å². The van der Waals surface area contributed by atoms with Gasteiger partial charge in [-0.2, -0.15) is 4.98 Å². The lowest BCUT2D eigenvalue weighted by molar-refractivity contribution is -0.111. The lowest BCUT2D eigenvalue weighted by Crippen LogP contribution is -2.28. The zero-order chi connectivity index (χ0) is 19.4. The van der Waals surface area contributed by atoms with E-state index in [2.05, 4.69) is 21.9 Å². The predicted octanol–water partition coefficient (Wildman–Crippen LogP) is 0.0970. The third-order valence-electron chi connectivity index (χ3n) is 3.96. The summed E-state index contributed by atoms with van der Waals surface area (Å²) in [4.78, 5) is 32.0. The van der Waals surface area contributed by atoms with Crippen LogP contribution >= 0.6 is 0 Å². The Morgan fingerprint density at radius 3 is 2.85 bits per heavy atom. The largest absolute Gasteiger partial charge is 0.394 e. The van der Waals surface area contributed by atoms with E-state index in [1.54, 1.807) is 24.4 Å². The Hall–Kier alpha value is -3.14. The fourth-order valence-corrected chi connectivity index (χ4v) is 2.56. The first-order chi connectivity index (χ1) is 13.0. The second-order valence-electron chi connectivity index (χ2n) is 5.81. The van der Waals surface area contributed by atoms with Crippen LogP contribution in [0.4, 0.5) is 5.82 Å². The molecule has 2 aromatic heterocycles. The average molecular weight is 370 g/mol. The van der Waals surface area contributed by atoms with Gasteiger partial charge in [-0.15, -0.1) is 0 Å². The molecule has 3 atom stereocenters. The van der Waals surface area contributed by atoms with Gasteiger partial charge in [0.05, 0.1) is 12.3 Å². The van der Waals surface area contributed by atoms with Crippen molar-refractivity contribution in [2.24, 2.45) is 0 Å². The number of aliphatic hydroxyl groups excluding tert-OH is 2. The molecule has 0 unspecified atom stereocenters. The molecule has 0 spiro atoms. The summed E-state index contributed by atoms with van der Waals surface area (Å²) >= 11 is 0. The van der Waals surface area contributed by atoms with Gasteiger partial charge in [-0.05, 0) is 24.3 Å². The van der Waals surface area contributed by atoms with E-state index < -0.39 is 36.6 Å². The number of carbonyl (C=O) groups excluding carboxylic acids is 1. The van der Waals surface area contributed by atoms with Crippen LogP contribution in [0.25, 0.3) is 6.08 Å². The molecule has 9 heteroatoms. The number of hydrogen-bond donors (Lipinski definition) is 3. The summed E-state index contributed by atoms with van der Waals surface area (Å²) in [5, 5.41) is 21.6. The topological polar surface area (TPSA) is 127 Å². The van der Waals surface area contributed by atoms with Crippen LogP contribution in [0.15, 0.2) is 59.7 Å². The van der Waals surface area contributed by atoms with Crippen LogP contribution in [-0.2, 0) is 9.53 Å². The van der Waals surface area contributed by atoms with E-state index in [1.807, 2.05) is 0 Å². The number of ether oxygens (including phenoxy) is 1. The number of aliphatic hydroxyl groups is 2. The molecule has 2 aromatic rings. The van der Waals surface area contributed by atoms with Crippen LogP contribution in [0.5, 0.6) is 0 Å². The zero-order valence-electron chi connectivity index (χ0n) is 14.2. The Balaban J connectivity index is 1.70. The van der Waals surface area contributed by atoms with E-state index in [0.29, 0.717) is 5.69 Å². The number of anilines is 1. The summed E-state index contributed by atoms with van der Waals surface area (Å²) < 4.78 is 6.55. The SMILES string of the molecule is C=C1[C@H](n2ccc(NC(=O)C=Cc3ccccn3)nc2=O)O[C@H](CO)[C@H]1O. The number of rotatable bonds is 5. The first-order valence-electron chi connectivity index (χ1n) is 8.12. The summed E-state index contributed by atoms with van der Waals surface area (Å²) in [5.74, 6) is -0.405. The second-order valence-corrected chi connectivity index (χ2v) is 5.81. The maximum Gasteiger partial charge on any atom is 0.351 e. The van der Waals surface area contributed by atoms with Crippen LogP contribution in [0.1, 0.15) is 11.9 Å². The molecule has 3 rings (SSSR count). The van der Waals surface area contributed by atoms with Crippen LogP contribution in [0, 0.1) is 0 Å². The fourth-order valence-electron chi connectivity index (χ4n) is 2.56. The summed E-state index contributed by atoms with van der Waals surface area (Å²) in [6.07, 6.45) is 2.91.